The third-order valence-electron chi connectivity index (χ3n) is 2.24. The molecule has 1 aromatic carbocycles. The molecule has 0 aliphatic rings. The van der Waals surface area contributed by atoms with Gasteiger partial charge in [-0.3, -0.25) is 0 Å². The first-order valence-electron chi connectivity index (χ1n) is 5.15. The summed E-state index contributed by atoms with van der Waals surface area (Å²) >= 11 is 0. The van der Waals surface area contributed by atoms with Crippen LogP contribution in [0.25, 0.3) is 0 Å². The van der Waals surface area contributed by atoms with Gasteiger partial charge in [0.2, 0.25) is 0 Å². The van der Waals surface area contributed by atoms with Crippen molar-refractivity contribution in [2.75, 3.05) is 13.7 Å². The third-order valence-corrected chi connectivity index (χ3v) is 2.24. The Hall–Kier alpha value is -1.55. The van der Waals surface area contributed by atoms with Gasteiger partial charge in [-0.05, 0) is 18.6 Å². The Morgan fingerprint density at radius 2 is 2.12 bits per heavy atom. The maximum Gasteiger partial charge on any atom is 0.333 e. The molecule has 0 spiro atoms. The van der Waals surface area contributed by atoms with E-state index in [1.807, 2.05) is 18.2 Å². The van der Waals surface area contributed by atoms with Crippen molar-refractivity contribution in [1.82, 2.24) is 0 Å². The first-order chi connectivity index (χ1) is 7.69. The average Bonchev–Trinajstić information content (AvgIpc) is 2.29. The van der Waals surface area contributed by atoms with Crippen LogP contribution >= 0.6 is 0 Å². The number of carbonyl (C=O) groups is 1. The monoisotopic (exact) mass is 224 g/mol. The van der Waals surface area contributed by atoms with Crippen molar-refractivity contribution >= 4 is 5.97 Å². The van der Waals surface area contributed by atoms with Crippen LogP contribution in [0.1, 0.15) is 12.5 Å². The SMILES string of the molecule is CCOC(Cc1ccccc1OC)C(=O)O. The van der Waals surface area contributed by atoms with Crippen molar-refractivity contribution in [2.24, 2.45) is 0 Å². The largest absolute Gasteiger partial charge is 0.496 e. The molecule has 0 saturated carbocycles. The van der Waals surface area contributed by atoms with Crippen LogP contribution in [0.2, 0.25) is 0 Å². The number of rotatable bonds is 6. The summed E-state index contributed by atoms with van der Waals surface area (Å²) in [7, 11) is 1.56. The van der Waals surface area contributed by atoms with Crippen molar-refractivity contribution in [3.8, 4) is 5.75 Å². The summed E-state index contributed by atoms with van der Waals surface area (Å²) in [6.45, 7) is 2.16. The van der Waals surface area contributed by atoms with Crippen LogP contribution in [0.5, 0.6) is 5.75 Å². The number of para-hydroxylation sites is 1. The lowest BCUT2D eigenvalue weighted by Crippen LogP contribution is -2.26. The Balaban J connectivity index is 2.80. The van der Waals surface area contributed by atoms with Gasteiger partial charge in [0.25, 0.3) is 0 Å². The molecule has 1 rings (SSSR count). The number of methoxy groups -OCH3 is 1. The highest BCUT2D eigenvalue weighted by Gasteiger charge is 2.19. The number of benzene rings is 1. The molecular weight excluding hydrogens is 208 g/mol. The Bertz CT molecular complexity index is 349. The van der Waals surface area contributed by atoms with Gasteiger partial charge in [0, 0.05) is 13.0 Å². The van der Waals surface area contributed by atoms with Crippen LogP contribution in [0.15, 0.2) is 24.3 Å². The number of carboxylic acids is 1. The molecule has 0 heterocycles. The van der Waals surface area contributed by atoms with Gasteiger partial charge < -0.3 is 14.6 Å². The van der Waals surface area contributed by atoms with E-state index >= 15 is 0 Å². The number of carboxylic acid groups (broad SMARTS) is 1. The predicted octanol–water partition coefficient (Wildman–Crippen LogP) is 1.73. The minimum absolute atomic E-state index is 0.313. The number of ether oxygens (including phenoxy) is 2. The van der Waals surface area contributed by atoms with Crippen LogP contribution < -0.4 is 4.74 Å². The summed E-state index contributed by atoms with van der Waals surface area (Å²) in [4.78, 5) is 10.9. The molecule has 4 nitrogen and oxygen atoms in total. The normalized spacial score (nSPS) is 12.1. The molecule has 88 valence electrons. The zero-order valence-corrected chi connectivity index (χ0v) is 9.47. The summed E-state index contributed by atoms with van der Waals surface area (Å²) in [6, 6.07) is 7.34. The van der Waals surface area contributed by atoms with Crippen LogP contribution in [0.4, 0.5) is 0 Å². The standard InChI is InChI=1S/C12H16O4/c1-3-16-11(12(13)14)8-9-6-4-5-7-10(9)15-2/h4-7,11H,3,8H2,1-2H3,(H,13,14). The van der Waals surface area contributed by atoms with Gasteiger partial charge >= 0.3 is 5.97 Å². The minimum atomic E-state index is -0.951. The van der Waals surface area contributed by atoms with E-state index in [2.05, 4.69) is 0 Å². The summed E-state index contributed by atoms with van der Waals surface area (Å²) in [5.74, 6) is -0.263. The summed E-state index contributed by atoms with van der Waals surface area (Å²) in [5.41, 5.74) is 0.839. The van der Waals surface area contributed by atoms with E-state index in [0.717, 1.165) is 5.56 Å². The number of hydrogen-bond donors (Lipinski definition) is 1. The lowest BCUT2D eigenvalue weighted by Gasteiger charge is -2.14. The second-order valence-electron chi connectivity index (χ2n) is 3.30. The van der Waals surface area contributed by atoms with Gasteiger partial charge in [0.15, 0.2) is 6.10 Å². The highest BCUT2D eigenvalue weighted by Crippen LogP contribution is 2.19. The summed E-state index contributed by atoms with van der Waals surface area (Å²) < 4.78 is 10.3. The molecule has 0 aromatic heterocycles. The van der Waals surface area contributed by atoms with Gasteiger partial charge in [-0.25, -0.2) is 4.79 Å². The molecule has 0 aliphatic heterocycles. The summed E-state index contributed by atoms with van der Waals surface area (Å²) in [5, 5.41) is 8.96. The third kappa shape index (κ3) is 3.24. The number of hydrogen-bond acceptors (Lipinski definition) is 3. The second kappa shape index (κ2) is 6.12. The van der Waals surface area contributed by atoms with Gasteiger partial charge in [-0.2, -0.15) is 0 Å². The molecule has 0 bridgehead atoms. The fourth-order valence-corrected chi connectivity index (χ4v) is 1.49. The Labute approximate surface area is 94.8 Å². The molecular formula is C12H16O4. The van der Waals surface area contributed by atoms with E-state index in [1.165, 1.54) is 0 Å². The predicted molar refractivity (Wildman–Crippen MR) is 59.7 cm³/mol. The fraction of sp³-hybridized carbons (Fsp3) is 0.417. The molecule has 0 amide bonds. The maximum absolute atomic E-state index is 10.9. The molecule has 16 heavy (non-hydrogen) atoms. The lowest BCUT2D eigenvalue weighted by atomic mass is 10.1. The van der Waals surface area contributed by atoms with Crippen molar-refractivity contribution in [3.05, 3.63) is 29.8 Å². The van der Waals surface area contributed by atoms with Crippen molar-refractivity contribution in [3.63, 3.8) is 0 Å². The first kappa shape index (κ1) is 12.5. The van der Waals surface area contributed by atoms with E-state index in [1.54, 1.807) is 20.1 Å². The van der Waals surface area contributed by atoms with Crippen LogP contribution in [0.3, 0.4) is 0 Å². The molecule has 0 aliphatic carbocycles. The van der Waals surface area contributed by atoms with Crippen LogP contribution in [0, 0.1) is 0 Å². The Kier molecular flexibility index (Phi) is 4.79. The highest BCUT2D eigenvalue weighted by atomic mass is 16.5. The van der Waals surface area contributed by atoms with Gasteiger partial charge in [0.05, 0.1) is 7.11 Å². The van der Waals surface area contributed by atoms with Gasteiger partial charge in [-0.1, -0.05) is 18.2 Å². The van der Waals surface area contributed by atoms with Crippen LogP contribution in [-0.2, 0) is 16.0 Å². The molecule has 1 atom stereocenters. The second-order valence-corrected chi connectivity index (χ2v) is 3.30. The molecule has 0 saturated heterocycles. The van der Waals surface area contributed by atoms with Crippen molar-refractivity contribution in [1.29, 1.82) is 0 Å². The van der Waals surface area contributed by atoms with E-state index in [4.69, 9.17) is 14.6 Å². The van der Waals surface area contributed by atoms with E-state index < -0.39 is 12.1 Å². The van der Waals surface area contributed by atoms with Crippen molar-refractivity contribution < 1.29 is 19.4 Å². The topological polar surface area (TPSA) is 55.8 Å². The van der Waals surface area contributed by atoms with Crippen LogP contribution in [-0.4, -0.2) is 30.9 Å². The Morgan fingerprint density at radius 1 is 1.44 bits per heavy atom. The average molecular weight is 224 g/mol. The van der Waals surface area contributed by atoms with E-state index in [0.29, 0.717) is 18.8 Å². The fourth-order valence-electron chi connectivity index (χ4n) is 1.49. The molecule has 1 aromatic rings. The molecule has 4 heteroatoms. The Morgan fingerprint density at radius 3 is 2.69 bits per heavy atom. The number of aliphatic carboxylic acids is 1. The van der Waals surface area contributed by atoms with Gasteiger partial charge in [0.1, 0.15) is 5.75 Å². The van der Waals surface area contributed by atoms with Crippen molar-refractivity contribution in [2.45, 2.75) is 19.4 Å². The van der Waals surface area contributed by atoms with E-state index in [-0.39, 0.29) is 0 Å². The smallest absolute Gasteiger partial charge is 0.333 e. The zero-order valence-electron chi connectivity index (χ0n) is 9.47. The highest BCUT2D eigenvalue weighted by molar-refractivity contribution is 5.73. The minimum Gasteiger partial charge on any atom is -0.496 e. The molecule has 1 unspecified atom stereocenters. The quantitative estimate of drug-likeness (QED) is 0.799. The lowest BCUT2D eigenvalue weighted by molar-refractivity contribution is -0.149. The zero-order chi connectivity index (χ0) is 12.0. The van der Waals surface area contributed by atoms with E-state index in [9.17, 15) is 4.79 Å². The first-order valence-corrected chi connectivity index (χ1v) is 5.15. The molecule has 0 radical (unpaired) electrons. The molecule has 0 fully saturated rings. The van der Waals surface area contributed by atoms with Gasteiger partial charge in [-0.15, -0.1) is 0 Å². The molecule has 1 N–H and O–H groups in total. The summed E-state index contributed by atoms with van der Waals surface area (Å²) in [6.07, 6.45) is -0.506. The maximum atomic E-state index is 10.9.